The summed E-state index contributed by atoms with van der Waals surface area (Å²) < 4.78 is 0. The van der Waals surface area contributed by atoms with Crippen LogP contribution in [0.3, 0.4) is 0 Å². The van der Waals surface area contributed by atoms with Gasteiger partial charge in [0.1, 0.15) is 0 Å². The zero-order chi connectivity index (χ0) is 7.82. The van der Waals surface area contributed by atoms with E-state index in [1.54, 1.807) is 0 Å². The number of rotatable bonds is 5. The van der Waals surface area contributed by atoms with Crippen molar-refractivity contribution >= 4 is 29.7 Å². The van der Waals surface area contributed by atoms with E-state index in [0.717, 1.165) is 12.8 Å². The van der Waals surface area contributed by atoms with Crippen LogP contribution in [0.25, 0.3) is 0 Å². The minimum absolute atomic E-state index is 0.0583. The van der Waals surface area contributed by atoms with Crippen LogP contribution in [0.2, 0.25) is 0 Å². The van der Waals surface area contributed by atoms with Crippen molar-refractivity contribution < 1.29 is 4.79 Å². The minimum atomic E-state index is 0.0583. The monoisotopic (exact) mass is 157 g/mol. The average molecular weight is 157 g/mol. The molecule has 0 aromatic heterocycles. The second-order valence-corrected chi connectivity index (χ2v) is 2.16. The average Bonchev–Trinajstić information content (AvgIpc) is 1.97. The largest absolute Gasteiger partial charge is 0.293 e. The molecule has 0 amide bonds. The third-order valence-electron chi connectivity index (χ3n) is 1.06. The van der Waals surface area contributed by atoms with Gasteiger partial charge in [0.15, 0.2) is 5.78 Å². The first-order valence-electron chi connectivity index (χ1n) is 3.31. The first-order chi connectivity index (χ1) is 4.81. The molecule has 0 aliphatic rings. The molecule has 0 aliphatic carbocycles. The zero-order valence-corrected chi connectivity index (χ0v) is 6.86. The van der Waals surface area contributed by atoms with E-state index in [0.29, 0.717) is 6.42 Å². The lowest BCUT2D eigenvalue weighted by Gasteiger charge is -1.88. The van der Waals surface area contributed by atoms with Gasteiger partial charge in [-0.15, -0.1) is 0 Å². The van der Waals surface area contributed by atoms with Gasteiger partial charge in [0, 0.05) is 6.42 Å². The van der Waals surface area contributed by atoms with Crippen LogP contribution < -0.4 is 0 Å². The first kappa shape index (κ1) is 9.43. The van der Waals surface area contributed by atoms with Crippen molar-refractivity contribution in [1.82, 2.24) is 0 Å². The second kappa shape index (κ2) is 6.55. The lowest BCUT2D eigenvalue weighted by atomic mass is 10.2. The summed E-state index contributed by atoms with van der Waals surface area (Å²) in [6, 6.07) is 0. The fraction of sp³-hybridized carbons (Fsp3) is 0.571. The third-order valence-corrected chi connectivity index (χ3v) is 1.18. The molecule has 0 rings (SSSR count). The van der Waals surface area contributed by atoms with Crippen molar-refractivity contribution in [2.45, 2.75) is 26.2 Å². The maximum atomic E-state index is 10.7. The molecule has 10 heavy (non-hydrogen) atoms. The SMILES string of the molecule is CCCCC(=O)C=NC=S. The molecule has 0 saturated carbocycles. The van der Waals surface area contributed by atoms with Crippen LogP contribution in [0.15, 0.2) is 4.99 Å². The van der Waals surface area contributed by atoms with Crippen LogP contribution in [0.1, 0.15) is 26.2 Å². The lowest BCUT2D eigenvalue weighted by molar-refractivity contribution is -0.112. The molecule has 0 saturated heterocycles. The maximum Gasteiger partial charge on any atom is 0.173 e. The molecule has 0 spiro atoms. The summed E-state index contributed by atoms with van der Waals surface area (Å²) in [7, 11) is 0. The molecular weight excluding hydrogens is 146 g/mol. The molecule has 0 fully saturated rings. The number of hydrogen-bond acceptors (Lipinski definition) is 2. The van der Waals surface area contributed by atoms with Gasteiger partial charge in [0.2, 0.25) is 0 Å². The quantitative estimate of drug-likeness (QED) is 0.449. The van der Waals surface area contributed by atoms with Crippen molar-refractivity contribution in [3.63, 3.8) is 0 Å². The zero-order valence-electron chi connectivity index (χ0n) is 6.04. The number of nitrogens with zero attached hydrogens (tertiary/aromatic N) is 1. The van der Waals surface area contributed by atoms with Gasteiger partial charge in [-0.2, -0.15) is 0 Å². The van der Waals surface area contributed by atoms with Crippen molar-refractivity contribution in [3.05, 3.63) is 0 Å². The molecular formula is C7H11NOS. The molecule has 0 atom stereocenters. The third kappa shape index (κ3) is 5.56. The highest BCUT2D eigenvalue weighted by atomic mass is 32.1. The van der Waals surface area contributed by atoms with Crippen LogP contribution in [0.4, 0.5) is 0 Å². The Hall–Kier alpha value is -0.570. The van der Waals surface area contributed by atoms with E-state index in [9.17, 15) is 4.79 Å². The Bertz CT molecular complexity index is 143. The van der Waals surface area contributed by atoms with E-state index < -0.39 is 0 Å². The van der Waals surface area contributed by atoms with Gasteiger partial charge in [-0.25, -0.2) is 4.99 Å². The van der Waals surface area contributed by atoms with Crippen LogP contribution in [-0.4, -0.2) is 17.5 Å². The van der Waals surface area contributed by atoms with Gasteiger partial charge >= 0.3 is 0 Å². The van der Waals surface area contributed by atoms with Crippen molar-refractivity contribution in [1.29, 1.82) is 0 Å². The highest BCUT2D eigenvalue weighted by molar-refractivity contribution is 7.78. The van der Waals surface area contributed by atoms with Gasteiger partial charge in [0.05, 0.1) is 11.7 Å². The topological polar surface area (TPSA) is 29.4 Å². The van der Waals surface area contributed by atoms with E-state index in [1.807, 2.05) is 6.92 Å². The van der Waals surface area contributed by atoms with Crippen molar-refractivity contribution in [3.8, 4) is 0 Å². The number of aliphatic imine (C=N–C) groups is 1. The summed E-state index contributed by atoms with van der Waals surface area (Å²) >= 11 is 4.41. The molecule has 0 unspecified atom stereocenters. The molecule has 0 radical (unpaired) electrons. The minimum Gasteiger partial charge on any atom is -0.293 e. The Labute approximate surface area is 66.3 Å². The Balaban J connectivity index is 3.43. The summed E-state index contributed by atoms with van der Waals surface area (Å²) in [5.74, 6) is 0.0583. The van der Waals surface area contributed by atoms with Gasteiger partial charge in [0.25, 0.3) is 0 Å². The first-order valence-corrected chi connectivity index (χ1v) is 3.78. The molecule has 0 aliphatic heterocycles. The predicted octanol–water partition coefficient (Wildman–Crippen LogP) is 1.77. The molecule has 0 bridgehead atoms. The summed E-state index contributed by atoms with van der Waals surface area (Å²) in [5.41, 5.74) is 1.20. The molecule has 0 heterocycles. The summed E-state index contributed by atoms with van der Waals surface area (Å²) in [4.78, 5) is 14.3. The van der Waals surface area contributed by atoms with Crippen LogP contribution in [0, 0.1) is 0 Å². The van der Waals surface area contributed by atoms with Gasteiger partial charge < -0.3 is 0 Å². The molecule has 2 nitrogen and oxygen atoms in total. The van der Waals surface area contributed by atoms with Gasteiger partial charge in [-0.05, 0) is 6.42 Å². The smallest absolute Gasteiger partial charge is 0.173 e. The number of unbranched alkanes of at least 4 members (excludes halogenated alkanes) is 1. The second-order valence-electron chi connectivity index (χ2n) is 1.95. The van der Waals surface area contributed by atoms with Crippen molar-refractivity contribution in [2.24, 2.45) is 4.99 Å². The molecule has 56 valence electrons. The number of Topliss-reactive ketones (excluding diaryl/α,β-unsaturated/α-hetero) is 1. The summed E-state index contributed by atoms with van der Waals surface area (Å²) in [6.45, 7) is 2.05. The van der Waals surface area contributed by atoms with E-state index >= 15 is 0 Å². The Kier molecular flexibility index (Phi) is 6.18. The fourth-order valence-corrected chi connectivity index (χ4v) is 0.590. The number of ketones is 1. The predicted molar refractivity (Wildman–Crippen MR) is 46.7 cm³/mol. The number of carbonyl (C=O) groups excluding carboxylic acids is 1. The Morgan fingerprint density at radius 3 is 2.90 bits per heavy atom. The fourth-order valence-electron chi connectivity index (χ4n) is 0.529. The van der Waals surface area contributed by atoms with E-state index in [4.69, 9.17) is 0 Å². The van der Waals surface area contributed by atoms with E-state index in [1.165, 1.54) is 11.7 Å². The number of hydrogen-bond donors (Lipinski definition) is 0. The Morgan fingerprint density at radius 1 is 1.70 bits per heavy atom. The summed E-state index contributed by atoms with van der Waals surface area (Å²) in [5, 5.41) is 0. The van der Waals surface area contributed by atoms with E-state index in [-0.39, 0.29) is 5.78 Å². The van der Waals surface area contributed by atoms with Crippen LogP contribution in [0.5, 0.6) is 0 Å². The van der Waals surface area contributed by atoms with E-state index in [2.05, 4.69) is 17.2 Å². The highest BCUT2D eigenvalue weighted by Crippen LogP contribution is 1.92. The lowest BCUT2D eigenvalue weighted by Crippen LogP contribution is -1.97. The van der Waals surface area contributed by atoms with Gasteiger partial charge in [-0.3, -0.25) is 4.79 Å². The molecule has 3 heteroatoms. The molecule has 0 N–H and O–H groups in total. The summed E-state index contributed by atoms with van der Waals surface area (Å²) in [6.07, 6.45) is 3.84. The standard InChI is InChI=1S/C7H11NOS/c1-2-3-4-7(9)5-8-6-10/h5-6H,2-4H2,1H3. The normalized spacial score (nSPS) is 10.1. The Morgan fingerprint density at radius 2 is 2.40 bits per heavy atom. The number of carbonyl (C=O) groups is 1. The van der Waals surface area contributed by atoms with Crippen molar-refractivity contribution in [2.75, 3.05) is 0 Å². The van der Waals surface area contributed by atoms with Crippen LogP contribution >= 0.6 is 12.2 Å². The maximum absolute atomic E-state index is 10.7. The molecule has 0 aromatic rings. The number of thiocarbonyl (C=S) groups is 1. The van der Waals surface area contributed by atoms with Crippen LogP contribution in [-0.2, 0) is 4.79 Å². The highest BCUT2D eigenvalue weighted by Gasteiger charge is 1.93. The van der Waals surface area contributed by atoms with Gasteiger partial charge in [-0.1, -0.05) is 25.6 Å². The molecule has 0 aromatic carbocycles.